The van der Waals surface area contributed by atoms with Crippen LogP contribution in [0.1, 0.15) is 29.7 Å². The summed E-state index contributed by atoms with van der Waals surface area (Å²) in [4.78, 5) is 11.1. The van der Waals surface area contributed by atoms with Crippen molar-refractivity contribution in [3.8, 4) is 16.9 Å². The molecule has 1 aromatic heterocycles. The van der Waals surface area contributed by atoms with E-state index in [-0.39, 0.29) is 12.5 Å². The Morgan fingerprint density at radius 1 is 1.10 bits per heavy atom. The predicted molar refractivity (Wildman–Crippen MR) is 116 cm³/mol. The Balaban J connectivity index is 1.67. The Kier molecular flexibility index (Phi) is 5.55. The Morgan fingerprint density at radius 2 is 1.93 bits per heavy atom. The molecule has 0 saturated carbocycles. The Labute approximate surface area is 174 Å². The van der Waals surface area contributed by atoms with Crippen molar-refractivity contribution < 1.29 is 19.1 Å². The van der Waals surface area contributed by atoms with Crippen molar-refractivity contribution in [2.45, 2.75) is 26.0 Å². The van der Waals surface area contributed by atoms with E-state index < -0.39 is 5.97 Å². The molecule has 4 aromatic rings. The SMILES string of the molecule is C[C@H](N)c1cccc(-c2cc(COc3ccccc3CC(=O)O)cc3ccoc23)c1. The highest BCUT2D eigenvalue weighted by atomic mass is 16.5. The summed E-state index contributed by atoms with van der Waals surface area (Å²) in [5.74, 6) is -0.310. The molecule has 0 fully saturated rings. The third kappa shape index (κ3) is 4.21. The standard InChI is InChI=1S/C25H23NO4/c1-16(26)18-6-4-7-19(13-18)22-12-17(11-21-9-10-29-25(21)22)15-30-23-8-3-2-5-20(23)14-24(27)28/h2-13,16H,14-15,26H2,1H3,(H,27,28)/t16-/m0/s1. The zero-order chi connectivity index (χ0) is 21.1. The maximum atomic E-state index is 11.1. The van der Waals surface area contributed by atoms with Crippen molar-refractivity contribution >= 4 is 16.9 Å². The van der Waals surface area contributed by atoms with Crippen LogP contribution < -0.4 is 10.5 Å². The van der Waals surface area contributed by atoms with Gasteiger partial charge in [-0.05, 0) is 53.9 Å². The van der Waals surface area contributed by atoms with Gasteiger partial charge in [0.2, 0.25) is 0 Å². The summed E-state index contributed by atoms with van der Waals surface area (Å²) in [6.07, 6.45) is 1.60. The van der Waals surface area contributed by atoms with Crippen molar-refractivity contribution in [3.05, 3.63) is 89.7 Å². The minimum absolute atomic E-state index is 0.0608. The molecule has 0 amide bonds. The molecule has 0 bridgehead atoms. The summed E-state index contributed by atoms with van der Waals surface area (Å²) in [6.45, 7) is 2.28. The van der Waals surface area contributed by atoms with E-state index >= 15 is 0 Å². The summed E-state index contributed by atoms with van der Waals surface area (Å²) in [7, 11) is 0. The molecule has 4 rings (SSSR count). The fourth-order valence-corrected chi connectivity index (χ4v) is 3.55. The number of para-hydroxylation sites is 1. The maximum absolute atomic E-state index is 11.1. The van der Waals surface area contributed by atoms with E-state index in [4.69, 9.17) is 20.0 Å². The third-order valence-corrected chi connectivity index (χ3v) is 5.04. The molecule has 5 nitrogen and oxygen atoms in total. The molecule has 152 valence electrons. The number of hydrogen-bond donors (Lipinski definition) is 2. The monoisotopic (exact) mass is 401 g/mol. The van der Waals surface area contributed by atoms with Crippen LogP contribution in [0.5, 0.6) is 5.75 Å². The second-order valence-corrected chi connectivity index (χ2v) is 7.36. The number of nitrogens with two attached hydrogens (primary N) is 1. The van der Waals surface area contributed by atoms with Gasteiger partial charge in [-0.15, -0.1) is 0 Å². The molecular weight excluding hydrogens is 378 g/mol. The number of carboxylic acids is 1. The molecule has 0 aliphatic carbocycles. The van der Waals surface area contributed by atoms with E-state index in [0.717, 1.165) is 33.2 Å². The zero-order valence-electron chi connectivity index (χ0n) is 16.7. The van der Waals surface area contributed by atoms with Crippen molar-refractivity contribution in [3.63, 3.8) is 0 Å². The second kappa shape index (κ2) is 8.43. The first-order valence-corrected chi connectivity index (χ1v) is 9.80. The average Bonchev–Trinajstić information content (AvgIpc) is 3.21. The molecular formula is C25H23NO4. The Bertz CT molecular complexity index is 1190. The van der Waals surface area contributed by atoms with Gasteiger partial charge in [0.1, 0.15) is 17.9 Å². The quantitative estimate of drug-likeness (QED) is 0.437. The molecule has 0 radical (unpaired) electrons. The van der Waals surface area contributed by atoms with Crippen LogP contribution in [-0.2, 0) is 17.8 Å². The van der Waals surface area contributed by atoms with Gasteiger partial charge in [-0.1, -0.05) is 36.4 Å². The van der Waals surface area contributed by atoms with Gasteiger partial charge in [0.05, 0.1) is 12.7 Å². The van der Waals surface area contributed by atoms with Gasteiger partial charge in [-0.2, -0.15) is 0 Å². The summed E-state index contributed by atoms with van der Waals surface area (Å²) >= 11 is 0. The van der Waals surface area contributed by atoms with Crippen molar-refractivity contribution in [1.29, 1.82) is 0 Å². The second-order valence-electron chi connectivity index (χ2n) is 7.36. The largest absolute Gasteiger partial charge is 0.489 e. The van der Waals surface area contributed by atoms with Crippen LogP contribution in [0.3, 0.4) is 0 Å². The normalized spacial score (nSPS) is 12.1. The van der Waals surface area contributed by atoms with E-state index in [1.165, 1.54) is 0 Å². The van der Waals surface area contributed by atoms with Crippen LogP contribution in [0.2, 0.25) is 0 Å². The number of ether oxygens (including phenoxy) is 1. The van der Waals surface area contributed by atoms with Crippen LogP contribution >= 0.6 is 0 Å². The number of rotatable bonds is 7. The van der Waals surface area contributed by atoms with E-state index in [1.54, 1.807) is 18.4 Å². The van der Waals surface area contributed by atoms with Gasteiger partial charge >= 0.3 is 5.97 Å². The van der Waals surface area contributed by atoms with Gasteiger partial charge in [0.25, 0.3) is 0 Å². The number of aliphatic carboxylic acids is 1. The molecule has 1 atom stereocenters. The van der Waals surface area contributed by atoms with Crippen LogP contribution in [0.4, 0.5) is 0 Å². The molecule has 30 heavy (non-hydrogen) atoms. The molecule has 3 aromatic carbocycles. The number of fused-ring (bicyclic) bond motifs is 1. The molecule has 1 heterocycles. The molecule has 3 N–H and O–H groups in total. The summed E-state index contributed by atoms with van der Waals surface area (Å²) in [5.41, 5.74) is 11.5. The van der Waals surface area contributed by atoms with E-state index in [1.807, 2.05) is 55.5 Å². The molecule has 0 unspecified atom stereocenters. The van der Waals surface area contributed by atoms with E-state index in [2.05, 4.69) is 6.07 Å². The first-order valence-electron chi connectivity index (χ1n) is 9.80. The fourth-order valence-electron chi connectivity index (χ4n) is 3.55. The van der Waals surface area contributed by atoms with Crippen LogP contribution in [0, 0.1) is 0 Å². The molecule has 0 aliphatic heterocycles. The van der Waals surface area contributed by atoms with Crippen molar-refractivity contribution in [2.75, 3.05) is 0 Å². The van der Waals surface area contributed by atoms with E-state index in [9.17, 15) is 4.79 Å². The number of furan rings is 1. The van der Waals surface area contributed by atoms with Gasteiger partial charge in [-0.25, -0.2) is 0 Å². The number of hydrogen-bond acceptors (Lipinski definition) is 4. The van der Waals surface area contributed by atoms with Gasteiger partial charge < -0.3 is 20.0 Å². The zero-order valence-corrected chi connectivity index (χ0v) is 16.7. The number of carbonyl (C=O) groups is 1. The molecule has 0 spiro atoms. The Hall–Kier alpha value is -3.57. The summed E-state index contributed by atoms with van der Waals surface area (Å²) < 4.78 is 11.7. The lowest BCUT2D eigenvalue weighted by molar-refractivity contribution is -0.136. The first kappa shape index (κ1) is 19.7. The molecule has 0 aliphatic rings. The highest BCUT2D eigenvalue weighted by Crippen LogP contribution is 2.33. The lowest BCUT2D eigenvalue weighted by atomic mass is 9.97. The maximum Gasteiger partial charge on any atom is 0.307 e. The summed E-state index contributed by atoms with van der Waals surface area (Å²) in [5, 5.41) is 10.1. The van der Waals surface area contributed by atoms with Gasteiger partial charge in [-0.3, -0.25) is 4.79 Å². The van der Waals surface area contributed by atoms with Crippen LogP contribution in [0.15, 0.2) is 77.4 Å². The van der Waals surface area contributed by atoms with E-state index in [0.29, 0.717) is 17.9 Å². The van der Waals surface area contributed by atoms with Gasteiger partial charge in [0.15, 0.2) is 0 Å². The van der Waals surface area contributed by atoms with Crippen molar-refractivity contribution in [1.82, 2.24) is 0 Å². The minimum Gasteiger partial charge on any atom is -0.489 e. The predicted octanol–water partition coefficient (Wildman–Crippen LogP) is 5.33. The Morgan fingerprint density at radius 3 is 2.73 bits per heavy atom. The summed E-state index contributed by atoms with van der Waals surface area (Å²) in [6, 6.07) is 21.3. The van der Waals surface area contributed by atoms with Crippen LogP contribution in [-0.4, -0.2) is 11.1 Å². The topological polar surface area (TPSA) is 85.7 Å². The fraction of sp³-hybridized carbons (Fsp3) is 0.160. The number of carboxylic acid groups (broad SMARTS) is 1. The first-order chi connectivity index (χ1) is 14.5. The highest BCUT2D eigenvalue weighted by Gasteiger charge is 2.13. The third-order valence-electron chi connectivity index (χ3n) is 5.04. The van der Waals surface area contributed by atoms with Gasteiger partial charge in [0, 0.05) is 22.6 Å². The molecule has 0 saturated heterocycles. The lowest BCUT2D eigenvalue weighted by Gasteiger charge is -2.13. The lowest BCUT2D eigenvalue weighted by Crippen LogP contribution is -2.05. The van der Waals surface area contributed by atoms with Crippen molar-refractivity contribution in [2.24, 2.45) is 5.73 Å². The highest BCUT2D eigenvalue weighted by molar-refractivity contribution is 5.93. The average molecular weight is 401 g/mol. The number of benzene rings is 3. The minimum atomic E-state index is -0.887. The van der Waals surface area contributed by atoms with Crippen LogP contribution in [0.25, 0.3) is 22.1 Å². The molecule has 5 heteroatoms. The smallest absolute Gasteiger partial charge is 0.307 e.